The molecular formula is C22H20F3N3O2. The lowest BCUT2D eigenvalue weighted by molar-refractivity contribution is -0.137. The van der Waals surface area contributed by atoms with E-state index in [1.165, 1.54) is 6.07 Å². The van der Waals surface area contributed by atoms with E-state index in [0.29, 0.717) is 22.6 Å². The molecule has 0 saturated heterocycles. The van der Waals surface area contributed by atoms with E-state index in [2.05, 4.69) is 15.4 Å². The summed E-state index contributed by atoms with van der Waals surface area (Å²) in [6.45, 7) is 5.46. The fourth-order valence-electron chi connectivity index (χ4n) is 2.57. The van der Waals surface area contributed by atoms with Crippen LogP contribution in [-0.2, 0) is 11.0 Å². The number of ether oxygens (including phenoxy) is 1. The van der Waals surface area contributed by atoms with Gasteiger partial charge in [0, 0.05) is 5.56 Å². The van der Waals surface area contributed by atoms with Crippen molar-refractivity contribution in [3.8, 4) is 22.8 Å². The van der Waals surface area contributed by atoms with Crippen molar-refractivity contribution in [2.75, 3.05) is 0 Å². The molecule has 0 fully saturated rings. The summed E-state index contributed by atoms with van der Waals surface area (Å²) in [5.74, 6) is 0.577. The van der Waals surface area contributed by atoms with Crippen LogP contribution in [0.2, 0.25) is 0 Å². The second-order valence-electron chi connectivity index (χ2n) is 6.84. The Hall–Kier alpha value is -3.42. The van der Waals surface area contributed by atoms with Crippen LogP contribution in [-0.4, -0.2) is 22.5 Å². The van der Waals surface area contributed by atoms with Gasteiger partial charge in [0.1, 0.15) is 11.9 Å². The van der Waals surface area contributed by atoms with Crippen LogP contribution in [0.15, 0.2) is 59.8 Å². The zero-order valence-electron chi connectivity index (χ0n) is 16.6. The molecule has 5 nitrogen and oxygen atoms in total. The molecule has 0 aliphatic rings. The molecule has 3 rings (SSSR count). The summed E-state index contributed by atoms with van der Waals surface area (Å²) >= 11 is 0. The van der Waals surface area contributed by atoms with E-state index in [1.807, 2.05) is 13.8 Å². The lowest BCUT2D eigenvalue weighted by Gasteiger charge is -2.12. The highest BCUT2D eigenvalue weighted by Crippen LogP contribution is 2.36. The fraction of sp³-hybridized carbons (Fsp3) is 0.227. The molecular weight excluding hydrogens is 395 g/mol. The molecule has 8 heteroatoms. The minimum absolute atomic E-state index is 0.0155. The second kappa shape index (κ2) is 8.94. The fourth-order valence-corrected chi connectivity index (χ4v) is 2.57. The van der Waals surface area contributed by atoms with E-state index in [9.17, 15) is 13.2 Å². The minimum atomic E-state index is -4.44. The van der Waals surface area contributed by atoms with E-state index >= 15 is 0 Å². The maximum Gasteiger partial charge on any atom is 0.416 e. The van der Waals surface area contributed by atoms with Crippen molar-refractivity contribution in [3.05, 3.63) is 71.4 Å². The summed E-state index contributed by atoms with van der Waals surface area (Å²) in [5, 5.41) is 11.9. The molecule has 156 valence electrons. The van der Waals surface area contributed by atoms with E-state index < -0.39 is 11.7 Å². The van der Waals surface area contributed by atoms with Crippen LogP contribution in [0, 0.1) is 6.92 Å². The van der Waals surface area contributed by atoms with Crippen LogP contribution in [0.1, 0.15) is 30.7 Å². The van der Waals surface area contributed by atoms with Gasteiger partial charge in [-0.2, -0.15) is 18.3 Å². The standard InChI is InChI=1S/C22H20F3N3O2/c1-14(2)30-26-13-16-7-9-19(10-8-16)29-21-20(11-15(3)27-28-21)17-5-4-6-18(12-17)22(23,24)25/h4-14H,1-3H3/b26-13+. The third-order valence-corrected chi connectivity index (χ3v) is 3.95. The zero-order chi connectivity index (χ0) is 21.7. The van der Waals surface area contributed by atoms with Crippen molar-refractivity contribution in [2.45, 2.75) is 33.1 Å². The first kappa shape index (κ1) is 21.3. The predicted molar refractivity (Wildman–Crippen MR) is 108 cm³/mol. The highest BCUT2D eigenvalue weighted by molar-refractivity contribution is 5.79. The summed E-state index contributed by atoms with van der Waals surface area (Å²) in [5.41, 5.74) is 1.38. The Labute approximate surface area is 172 Å². The minimum Gasteiger partial charge on any atom is -0.437 e. The van der Waals surface area contributed by atoms with Gasteiger partial charge >= 0.3 is 6.18 Å². The first-order chi connectivity index (χ1) is 14.2. The maximum atomic E-state index is 13.1. The number of aromatic nitrogens is 2. The molecule has 0 bridgehead atoms. The van der Waals surface area contributed by atoms with E-state index in [0.717, 1.165) is 17.7 Å². The molecule has 0 unspecified atom stereocenters. The summed E-state index contributed by atoms with van der Waals surface area (Å²) in [4.78, 5) is 5.12. The third kappa shape index (κ3) is 5.56. The monoisotopic (exact) mass is 415 g/mol. The zero-order valence-corrected chi connectivity index (χ0v) is 16.6. The molecule has 0 atom stereocenters. The molecule has 0 spiro atoms. The van der Waals surface area contributed by atoms with E-state index in [4.69, 9.17) is 9.57 Å². The van der Waals surface area contributed by atoms with Gasteiger partial charge in [-0.3, -0.25) is 0 Å². The smallest absolute Gasteiger partial charge is 0.416 e. The number of nitrogens with zero attached hydrogens (tertiary/aromatic N) is 3. The molecule has 3 aromatic rings. The second-order valence-corrected chi connectivity index (χ2v) is 6.84. The van der Waals surface area contributed by atoms with Gasteiger partial charge in [0.15, 0.2) is 0 Å². The number of hydrogen-bond acceptors (Lipinski definition) is 5. The first-order valence-electron chi connectivity index (χ1n) is 9.21. The van der Waals surface area contributed by atoms with E-state index in [1.54, 1.807) is 49.5 Å². The number of hydrogen-bond donors (Lipinski definition) is 0. The van der Waals surface area contributed by atoms with Gasteiger partial charge in [-0.1, -0.05) is 17.3 Å². The van der Waals surface area contributed by atoms with Crippen LogP contribution in [0.25, 0.3) is 11.1 Å². The van der Waals surface area contributed by atoms with Gasteiger partial charge in [-0.15, -0.1) is 5.10 Å². The summed E-state index contributed by atoms with van der Waals surface area (Å²) in [6.07, 6.45) is -2.88. The number of aryl methyl sites for hydroxylation is 1. The van der Waals surface area contributed by atoms with Crippen molar-refractivity contribution in [2.24, 2.45) is 5.16 Å². The summed E-state index contributed by atoms with van der Waals surface area (Å²) < 4.78 is 45.1. The molecule has 1 heterocycles. The number of rotatable bonds is 6. The van der Waals surface area contributed by atoms with Crippen molar-refractivity contribution >= 4 is 6.21 Å². The van der Waals surface area contributed by atoms with Crippen LogP contribution in [0.4, 0.5) is 13.2 Å². The van der Waals surface area contributed by atoms with Crippen molar-refractivity contribution < 1.29 is 22.7 Å². The van der Waals surface area contributed by atoms with Crippen molar-refractivity contribution in [1.82, 2.24) is 10.2 Å². The highest BCUT2D eigenvalue weighted by atomic mass is 19.4. The Balaban J connectivity index is 1.87. The van der Waals surface area contributed by atoms with Gasteiger partial charge in [-0.25, -0.2) is 0 Å². The number of alkyl halides is 3. The van der Waals surface area contributed by atoms with Gasteiger partial charge in [0.05, 0.1) is 17.5 Å². The Bertz CT molecular complexity index is 1030. The van der Waals surface area contributed by atoms with Crippen LogP contribution in [0.5, 0.6) is 11.6 Å². The third-order valence-electron chi connectivity index (χ3n) is 3.95. The SMILES string of the molecule is Cc1cc(-c2cccc(C(F)(F)F)c2)c(Oc2ccc(/C=N/OC(C)C)cc2)nn1. The normalized spacial score (nSPS) is 11.8. The van der Waals surface area contributed by atoms with Crippen LogP contribution < -0.4 is 4.74 Å². The average molecular weight is 415 g/mol. The highest BCUT2D eigenvalue weighted by Gasteiger charge is 2.30. The summed E-state index contributed by atoms with van der Waals surface area (Å²) in [6, 6.07) is 13.6. The first-order valence-corrected chi connectivity index (χ1v) is 9.21. The molecule has 0 saturated carbocycles. The lowest BCUT2D eigenvalue weighted by atomic mass is 10.0. The average Bonchev–Trinajstić information content (AvgIpc) is 2.70. The molecule has 0 aliphatic carbocycles. The molecule has 1 aromatic heterocycles. The van der Waals surface area contributed by atoms with Crippen molar-refractivity contribution in [3.63, 3.8) is 0 Å². The predicted octanol–water partition coefficient (Wildman–Crippen LogP) is 6.02. The molecule has 30 heavy (non-hydrogen) atoms. The maximum absolute atomic E-state index is 13.1. The van der Waals surface area contributed by atoms with E-state index in [-0.39, 0.29) is 12.0 Å². The number of halogens is 3. The molecule has 0 aliphatic heterocycles. The Morgan fingerprint density at radius 2 is 1.73 bits per heavy atom. The Kier molecular flexibility index (Phi) is 6.34. The molecule has 0 radical (unpaired) electrons. The van der Waals surface area contributed by atoms with Gasteiger partial charge in [0.2, 0.25) is 5.88 Å². The van der Waals surface area contributed by atoms with Gasteiger partial charge < -0.3 is 9.57 Å². The van der Waals surface area contributed by atoms with Gasteiger partial charge in [-0.05, 0) is 74.4 Å². The Morgan fingerprint density at radius 1 is 1.00 bits per heavy atom. The molecule has 0 amide bonds. The topological polar surface area (TPSA) is 56.6 Å². The quantitative estimate of drug-likeness (QED) is 0.365. The molecule has 2 aromatic carbocycles. The lowest BCUT2D eigenvalue weighted by Crippen LogP contribution is -2.05. The van der Waals surface area contributed by atoms with Crippen molar-refractivity contribution in [1.29, 1.82) is 0 Å². The van der Waals surface area contributed by atoms with Crippen LogP contribution >= 0.6 is 0 Å². The Morgan fingerprint density at radius 3 is 2.40 bits per heavy atom. The van der Waals surface area contributed by atoms with Crippen LogP contribution in [0.3, 0.4) is 0 Å². The number of benzene rings is 2. The van der Waals surface area contributed by atoms with Gasteiger partial charge in [0.25, 0.3) is 0 Å². The largest absolute Gasteiger partial charge is 0.437 e. The summed E-state index contributed by atoms with van der Waals surface area (Å²) in [7, 11) is 0. The number of oxime groups is 1. The molecule has 0 N–H and O–H groups in total.